The molecule has 4 aromatic rings. The lowest BCUT2D eigenvalue weighted by molar-refractivity contribution is 1.11. The van der Waals surface area contributed by atoms with E-state index >= 15 is 0 Å². The zero-order valence-electron chi connectivity index (χ0n) is 17.1. The Morgan fingerprint density at radius 1 is 0.517 bits per heavy atom. The third-order valence-corrected chi connectivity index (χ3v) is 9.83. The Hall–Kier alpha value is -2.89. The first-order valence-electron chi connectivity index (χ1n) is 10.0. The predicted octanol–water partition coefficient (Wildman–Crippen LogP) is 5.25. The third-order valence-electron chi connectivity index (χ3n) is 5.47. The van der Waals surface area contributed by atoms with E-state index in [1.165, 1.54) is 27.2 Å². The van der Waals surface area contributed by atoms with Crippen molar-refractivity contribution in [1.82, 2.24) is 0 Å². The summed E-state index contributed by atoms with van der Waals surface area (Å²) in [6.07, 6.45) is 0.999. The van der Waals surface area contributed by atoms with Gasteiger partial charge in [0.15, 0.2) is 0 Å². The van der Waals surface area contributed by atoms with Crippen molar-refractivity contribution in [3.8, 4) is 0 Å². The van der Waals surface area contributed by atoms with Gasteiger partial charge in [-0.05, 0) is 42.5 Å². The molecule has 4 rings (SSSR count). The number of hydrogen-bond donors (Lipinski definition) is 0. The normalized spacial score (nSPS) is 11.2. The fourth-order valence-electron chi connectivity index (χ4n) is 4.10. The molecule has 0 fully saturated rings. The van der Waals surface area contributed by atoms with E-state index in [1.54, 1.807) is 0 Å². The molecule has 0 N–H and O–H groups in total. The Labute approximate surface area is 175 Å². The fourth-order valence-corrected chi connectivity index (χ4v) is 8.37. The smallest absolute Gasteiger partial charge is 0.116 e. The Morgan fingerprint density at radius 2 is 0.897 bits per heavy atom. The highest BCUT2D eigenvalue weighted by molar-refractivity contribution is 7.95. The average Bonchev–Trinajstić information content (AvgIpc) is 2.79. The highest BCUT2D eigenvalue weighted by Crippen LogP contribution is 2.58. The topological polar surface area (TPSA) is 3.24 Å². The van der Waals surface area contributed by atoms with Gasteiger partial charge in [0, 0.05) is 25.3 Å². The first-order chi connectivity index (χ1) is 14.2. The Balaban J connectivity index is 2.01. The van der Waals surface area contributed by atoms with Crippen LogP contribution >= 0.6 is 7.26 Å². The summed E-state index contributed by atoms with van der Waals surface area (Å²) in [5.41, 5.74) is 2.68. The minimum absolute atomic E-state index is 0.999. The summed E-state index contributed by atoms with van der Waals surface area (Å²) in [7, 11) is 2.39. The average molecular weight is 396 g/mol. The molecule has 4 aromatic carbocycles. The number of para-hydroxylation sites is 1. The highest BCUT2D eigenvalue weighted by Gasteiger charge is 2.45. The lowest BCUT2D eigenvalue weighted by Gasteiger charge is -2.29. The van der Waals surface area contributed by atoms with Crippen molar-refractivity contribution >= 4 is 28.9 Å². The molecule has 0 aliphatic rings. The van der Waals surface area contributed by atoms with Gasteiger partial charge in [-0.25, -0.2) is 0 Å². The van der Waals surface area contributed by atoms with Gasteiger partial charge in [-0.1, -0.05) is 72.8 Å². The number of rotatable bonds is 6. The van der Waals surface area contributed by atoms with Gasteiger partial charge < -0.3 is 4.90 Å². The summed E-state index contributed by atoms with van der Waals surface area (Å²) in [6, 6.07) is 42.1. The highest BCUT2D eigenvalue weighted by atomic mass is 31.2. The molecule has 0 aliphatic carbocycles. The van der Waals surface area contributed by atoms with E-state index in [9.17, 15) is 0 Å². The standard InChI is InChI=1S/C27H27NP/c1-28(2)27-21-13-12-14-23(27)22-29(24-15-6-3-7-16-24,25-17-8-4-9-18-25)26-19-10-5-11-20-26/h3-21H,22H2,1-2H3/q+1. The summed E-state index contributed by atoms with van der Waals surface area (Å²) in [6.45, 7) is 0. The van der Waals surface area contributed by atoms with E-state index in [-0.39, 0.29) is 0 Å². The molecule has 1 nitrogen and oxygen atoms in total. The molecule has 0 atom stereocenters. The van der Waals surface area contributed by atoms with Crippen LogP contribution in [0.2, 0.25) is 0 Å². The van der Waals surface area contributed by atoms with Gasteiger partial charge in [-0.3, -0.25) is 0 Å². The van der Waals surface area contributed by atoms with E-state index in [0.29, 0.717) is 0 Å². The summed E-state index contributed by atoms with van der Waals surface area (Å²) in [5.74, 6) is 0. The molecular weight excluding hydrogens is 369 g/mol. The zero-order chi connectivity index (χ0) is 20.1. The second-order valence-electron chi connectivity index (χ2n) is 7.50. The Bertz CT molecular complexity index is 947. The monoisotopic (exact) mass is 396 g/mol. The first-order valence-corrected chi connectivity index (χ1v) is 12.0. The van der Waals surface area contributed by atoms with Gasteiger partial charge in [0.05, 0.1) is 0 Å². The number of benzene rings is 4. The van der Waals surface area contributed by atoms with Crippen LogP contribution in [-0.2, 0) is 6.16 Å². The maximum absolute atomic E-state index is 2.31. The van der Waals surface area contributed by atoms with E-state index in [4.69, 9.17) is 0 Å². The number of nitrogens with zero attached hydrogens (tertiary/aromatic N) is 1. The minimum Gasteiger partial charge on any atom is -0.377 e. The molecule has 0 spiro atoms. The maximum Gasteiger partial charge on any atom is 0.116 e. The lowest BCUT2D eigenvalue weighted by atomic mass is 10.2. The van der Waals surface area contributed by atoms with Gasteiger partial charge in [0.2, 0.25) is 0 Å². The van der Waals surface area contributed by atoms with Crippen molar-refractivity contribution in [3.63, 3.8) is 0 Å². The van der Waals surface area contributed by atoms with E-state index < -0.39 is 7.26 Å². The summed E-state index contributed by atoms with van der Waals surface area (Å²) in [4.78, 5) is 2.23. The Morgan fingerprint density at radius 3 is 1.31 bits per heavy atom. The van der Waals surface area contributed by atoms with E-state index in [0.717, 1.165) is 6.16 Å². The number of hydrogen-bond acceptors (Lipinski definition) is 1. The maximum atomic E-state index is 2.31. The van der Waals surface area contributed by atoms with Crippen LogP contribution < -0.4 is 20.8 Å². The number of anilines is 1. The van der Waals surface area contributed by atoms with Crippen molar-refractivity contribution in [1.29, 1.82) is 0 Å². The molecule has 144 valence electrons. The van der Waals surface area contributed by atoms with Crippen LogP contribution in [0.25, 0.3) is 0 Å². The van der Waals surface area contributed by atoms with Gasteiger partial charge >= 0.3 is 0 Å². The van der Waals surface area contributed by atoms with Crippen LogP contribution in [0.1, 0.15) is 5.56 Å². The molecule has 0 aromatic heterocycles. The van der Waals surface area contributed by atoms with Crippen LogP contribution in [0.3, 0.4) is 0 Å². The molecule has 0 amide bonds. The fraction of sp³-hybridized carbons (Fsp3) is 0.111. The molecule has 0 saturated heterocycles. The van der Waals surface area contributed by atoms with Gasteiger partial charge in [0.1, 0.15) is 29.3 Å². The lowest BCUT2D eigenvalue weighted by Crippen LogP contribution is -2.32. The molecule has 0 unspecified atom stereocenters. The van der Waals surface area contributed by atoms with Crippen LogP contribution in [0.15, 0.2) is 115 Å². The molecular formula is C27H27NP+. The summed E-state index contributed by atoms with van der Waals surface area (Å²) >= 11 is 0. The minimum atomic E-state index is -1.87. The van der Waals surface area contributed by atoms with E-state index in [1.807, 2.05) is 0 Å². The van der Waals surface area contributed by atoms with Crippen molar-refractivity contribution in [2.75, 3.05) is 19.0 Å². The summed E-state index contributed by atoms with van der Waals surface area (Å²) in [5, 5.41) is 4.27. The third kappa shape index (κ3) is 3.84. The van der Waals surface area contributed by atoms with Gasteiger partial charge in [-0.2, -0.15) is 0 Å². The SMILES string of the molecule is CN(C)c1ccccc1C[P+](c1ccccc1)(c1ccccc1)c1ccccc1. The molecule has 2 heteroatoms. The largest absolute Gasteiger partial charge is 0.377 e. The first kappa shape index (κ1) is 19.4. The molecule has 0 heterocycles. The second kappa shape index (κ2) is 8.64. The van der Waals surface area contributed by atoms with Crippen LogP contribution in [0.5, 0.6) is 0 Å². The Kier molecular flexibility index (Phi) is 5.79. The quantitative estimate of drug-likeness (QED) is 0.403. The zero-order valence-corrected chi connectivity index (χ0v) is 18.0. The van der Waals surface area contributed by atoms with Crippen LogP contribution in [0.4, 0.5) is 5.69 Å². The molecule has 0 saturated carbocycles. The summed E-state index contributed by atoms with van der Waals surface area (Å²) < 4.78 is 0. The van der Waals surface area contributed by atoms with Crippen molar-refractivity contribution in [2.45, 2.75) is 6.16 Å². The second-order valence-corrected chi connectivity index (χ2v) is 11.0. The van der Waals surface area contributed by atoms with Crippen molar-refractivity contribution in [3.05, 3.63) is 121 Å². The van der Waals surface area contributed by atoms with E-state index in [2.05, 4.69) is 134 Å². The molecule has 0 aliphatic heterocycles. The van der Waals surface area contributed by atoms with Crippen LogP contribution in [0, 0.1) is 0 Å². The van der Waals surface area contributed by atoms with Gasteiger partial charge in [0.25, 0.3) is 0 Å². The van der Waals surface area contributed by atoms with Gasteiger partial charge in [-0.15, -0.1) is 0 Å². The molecule has 0 bridgehead atoms. The van der Waals surface area contributed by atoms with Crippen molar-refractivity contribution in [2.24, 2.45) is 0 Å². The molecule has 0 radical (unpaired) electrons. The molecule has 29 heavy (non-hydrogen) atoms. The predicted molar refractivity (Wildman–Crippen MR) is 130 cm³/mol. The van der Waals surface area contributed by atoms with Crippen LogP contribution in [-0.4, -0.2) is 14.1 Å². The van der Waals surface area contributed by atoms with Crippen molar-refractivity contribution < 1.29 is 0 Å².